The normalized spacial score (nSPS) is 14.4. The predicted molar refractivity (Wildman–Crippen MR) is 129 cm³/mol. The van der Waals surface area contributed by atoms with E-state index in [1.165, 1.54) is 0 Å². The Kier molecular flexibility index (Phi) is 5.46. The van der Waals surface area contributed by atoms with Gasteiger partial charge in [0.15, 0.2) is 0 Å². The molecule has 2 N–H and O–H groups in total. The number of anilines is 1. The first-order chi connectivity index (χ1) is 15.8. The lowest BCUT2D eigenvalue weighted by Gasteiger charge is -2.33. The third-order valence-corrected chi connectivity index (χ3v) is 6.67. The van der Waals surface area contributed by atoms with Crippen LogP contribution in [0.15, 0.2) is 48.5 Å². The van der Waals surface area contributed by atoms with Gasteiger partial charge < -0.3 is 15.3 Å². The second kappa shape index (κ2) is 8.32. The summed E-state index contributed by atoms with van der Waals surface area (Å²) in [5.74, 6) is 0.738. The van der Waals surface area contributed by atoms with E-state index in [9.17, 15) is 9.90 Å². The molecule has 3 heterocycles. The maximum atomic E-state index is 13.0. The molecule has 33 heavy (non-hydrogen) atoms. The first-order valence-electron chi connectivity index (χ1n) is 10.7. The molecule has 0 bridgehead atoms. The highest BCUT2D eigenvalue weighted by Gasteiger charge is 2.30. The predicted octanol–water partition coefficient (Wildman–Crippen LogP) is 5.06. The van der Waals surface area contributed by atoms with E-state index >= 15 is 0 Å². The summed E-state index contributed by atoms with van der Waals surface area (Å²) in [6.07, 6.45) is 0.601. The van der Waals surface area contributed by atoms with Crippen LogP contribution in [0.5, 0.6) is 5.88 Å². The lowest BCUT2D eigenvalue weighted by molar-refractivity contribution is 0.0733. The SMILES string of the molecule is CC(Nc1nc2c(c3c(O)n(C)n13)CN(C(=O)c1ccc(Cl)cc1)CC2)c1ccc(Cl)cc1. The molecule has 1 amide bonds. The maximum Gasteiger partial charge on any atom is 0.254 e. The van der Waals surface area contributed by atoms with Crippen LogP contribution in [-0.2, 0) is 20.0 Å². The van der Waals surface area contributed by atoms with Crippen molar-refractivity contribution in [2.75, 3.05) is 11.9 Å². The lowest BCUT2D eigenvalue weighted by Crippen LogP contribution is -2.38. The second-order valence-corrected chi connectivity index (χ2v) is 9.14. The molecular formula is C24H23Cl2N5O2. The number of nitrogens with one attached hydrogen (secondary N) is 1. The number of hydrogen-bond donors (Lipinski definition) is 2. The van der Waals surface area contributed by atoms with Crippen LogP contribution in [0.1, 0.15) is 40.1 Å². The van der Waals surface area contributed by atoms with Gasteiger partial charge in [-0.15, -0.1) is 0 Å². The van der Waals surface area contributed by atoms with E-state index in [0.29, 0.717) is 46.6 Å². The molecule has 5 rings (SSSR count). The van der Waals surface area contributed by atoms with Gasteiger partial charge in [0.2, 0.25) is 11.8 Å². The minimum Gasteiger partial charge on any atom is -0.492 e. The molecule has 0 saturated carbocycles. The topological polar surface area (TPSA) is 74.8 Å². The molecular weight excluding hydrogens is 461 g/mol. The van der Waals surface area contributed by atoms with Gasteiger partial charge in [-0.25, -0.2) is 14.2 Å². The fraction of sp³-hybridized carbons (Fsp3) is 0.250. The van der Waals surface area contributed by atoms with Gasteiger partial charge >= 0.3 is 0 Å². The maximum absolute atomic E-state index is 13.0. The van der Waals surface area contributed by atoms with E-state index < -0.39 is 0 Å². The van der Waals surface area contributed by atoms with Gasteiger partial charge in [-0.05, 0) is 48.9 Å². The summed E-state index contributed by atoms with van der Waals surface area (Å²) < 4.78 is 3.48. The van der Waals surface area contributed by atoms with Gasteiger partial charge in [-0.1, -0.05) is 35.3 Å². The average Bonchev–Trinajstić information content (AvgIpc) is 2.82. The number of nitrogens with zero attached hydrogens (tertiary/aromatic N) is 4. The highest BCUT2D eigenvalue weighted by Crippen LogP contribution is 2.35. The average molecular weight is 484 g/mol. The Labute approximate surface area is 201 Å². The molecule has 2 aromatic heterocycles. The smallest absolute Gasteiger partial charge is 0.254 e. The minimum absolute atomic E-state index is 0.0212. The quantitative estimate of drug-likeness (QED) is 0.425. The molecule has 0 spiro atoms. The summed E-state index contributed by atoms with van der Waals surface area (Å²) in [6, 6.07) is 14.5. The first kappa shape index (κ1) is 21.7. The van der Waals surface area contributed by atoms with E-state index in [2.05, 4.69) is 5.32 Å². The Balaban J connectivity index is 1.46. The molecule has 170 valence electrons. The first-order valence-corrected chi connectivity index (χ1v) is 11.4. The molecule has 1 unspecified atom stereocenters. The highest BCUT2D eigenvalue weighted by atomic mass is 35.5. The summed E-state index contributed by atoms with van der Waals surface area (Å²) in [7, 11) is 1.77. The summed E-state index contributed by atoms with van der Waals surface area (Å²) in [6.45, 7) is 2.98. The minimum atomic E-state index is -0.0678. The number of aryl methyl sites for hydroxylation is 1. The van der Waals surface area contributed by atoms with Gasteiger partial charge in [0.1, 0.15) is 5.52 Å². The monoisotopic (exact) mass is 483 g/mol. The zero-order chi connectivity index (χ0) is 23.3. The third kappa shape index (κ3) is 3.81. The zero-order valence-electron chi connectivity index (χ0n) is 18.2. The standard InChI is InChI=1S/C24H23Cl2N5O2/c1-14(15-3-7-17(25)8-4-15)27-24-28-20-11-12-30(22(32)16-5-9-18(26)10-6-16)13-19(20)21-23(33)29(2)31(21)24/h3-10,14,33H,11-13H2,1-2H3,(H,27,28). The van der Waals surface area contributed by atoms with Crippen LogP contribution in [0.4, 0.5) is 5.95 Å². The van der Waals surface area contributed by atoms with E-state index in [1.807, 2.05) is 35.7 Å². The van der Waals surface area contributed by atoms with Crippen molar-refractivity contribution < 1.29 is 9.90 Å². The molecule has 1 atom stereocenters. The molecule has 4 aromatic rings. The van der Waals surface area contributed by atoms with Crippen molar-refractivity contribution in [1.29, 1.82) is 0 Å². The van der Waals surface area contributed by atoms with Gasteiger partial charge in [0.05, 0.1) is 18.3 Å². The highest BCUT2D eigenvalue weighted by molar-refractivity contribution is 6.30. The van der Waals surface area contributed by atoms with Crippen molar-refractivity contribution in [3.8, 4) is 5.88 Å². The van der Waals surface area contributed by atoms with E-state index in [1.54, 1.807) is 40.9 Å². The number of aromatic nitrogens is 3. The van der Waals surface area contributed by atoms with Crippen LogP contribution in [0.2, 0.25) is 10.0 Å². The molecule has 0 aliphatic carbocycles. The van der Waals surface area contributed by atoms with Crippen LogP contribution >= 0.6 is 23.2 Å². The summed E-state index contributed by atoms with van der Waals surface area (Å²) >= 11 is 12.0. The van der Waals surface area contributed by atoms with Crippen molar-refractivity contribution in [2.24, 2.45) is 7.05 Å². The van der Waals surface area contributed by atoms with Gasteiger partial charge in [0.25, 0.3) is 5.91 Å². The van der Waals surface area contributed by atoms with Crippen LogP contribution in [0.3, 0.4) is 0 Å². The Bertz CT molecular complexity index is 1340. The number of amides is 1. The largest absolute Gasteiger partial charge is 0.492 e. The number of aromatic hydroxyl groups is 1. The van der Waals surface area contributed by atoms with Crippen LogP contribution < -0.4 is 5.32 Å². The van der Waals surface area contributed by atoms with Crippen LogP contribution in [0.25, 0.3) is 5.52 Å². The summed E-state index contributed by atoms with van der Waals surface area (Å²) in [4.78, 5) is 19.7. The molecule has 0 fully saturated rings. The Morgan fingerprint density at radius 1 is 1.09 bits per heavy atom. The Hall–Kier alpha value is -3.16. The molecule has 9 heteroatoms. The van der Waals surface area contributed by atoms with Crippen molar-refractivity contribution in [3.63, 3.8) is 0 Å². The van der Waals surface area contributed by atoms with E-state index in [0.717, 1.165) is 16.8 Å². The second-order valence-electron chi connectivity index (χ2n) is 8.27. The molecule has 2 aromatic carbocycles. The van der Waals surface area contributed by atoms with E-state index in [-0.39, 0.29) is 17.8 Å². The Morgan fingerprint density at radius 3 is 2.39 bits per heavy atom. The van der Waals surface area contributed by atoms with Crippen molar-refractivity contribution in [1.82, 2.24) is 19.1 Å². The summed E-state index contributed by atoms with van der Waals surface area (Å²) in [5, 5.41) is 15.4. The number of benzene rings is 2. The molecule has 0 radical (unpaired) electrons. The zero-order valence-corrected chi connectivity index (χ0v) is 19.7. The Morgan fingerprint density at radius 2 is 1.73 bits per heavy atom. The molecule has 0 saturated heterocycles. The van der Waals surface area contributed by atoms with E-state index in [4.69, 9.17) is 28.2 Å². The number of carbonyl (C=O) groups is 1. The number of hydrogen-bond acceptors (Lipinski definition) is 4. The van der Waals surface area contributed by atoms with Gasteiger partial charge in [-0.2, -0.15) is 0 Å². The van der Waals surface area contributed by atoms with Crippen LogP contribution in [0, 0.1) is 0 Å². The van der Waals surface area contributed by atoms with Crippen molar-refractivity contribution >= 4 is 40.6 Å². The lowest BCUT2D eigenvalue weighted by atomic mass is 10.0. The van der Waals surface area contributed by atoms with Gasteiger partial charge in [0, 0.05) is 41.2 Å². The fourth-order valence-electron chi connectivity index (χ4n) is 4.29. The number of rotatable bonds is 4. The molecule has 1 aliphatic heterocycles. The number of carbonyl (C=O) groups excluding carboxylic acids is 1. The third-order valence-electron chi connectivity index (χ3n) is 6.17. The molecule has 7 nitrogen and oxygen atoms in total. The van der Waals surface area contributed by atoms with Gasteiger partial charge in [-0.3, -0.25) is 4.79 Å². The molecule has 1 aliphatic rings. The number of fused-ring (bicyclic) bond motifs is 3. The van der Waals surface area contributed by atoms with Crippen LogP contribution in [-0.4, -0.2) is 36.6 Å². The summed E-state index contributed by atoms with van der Waals surface area (Å²) in [5.41, 5.74) is 4.09. The van der Waals surface area contributed by atoms with Crippen molar-refractivity contribution in [2.45, 2.75) is 25.9 Å². The number of halogens is 2. The fourth-order valence-corrected chi connectivity index (χ4v) is 4.54. The van der Waals surface area contributed by atoms with Crippen molar-refractivity contribution in [3.05, 3.63) is 81.0 Å².